The van der Waals surface area contributed by atoms with Gasteiger partial charge < -0.3 is 0 Å². The monoisotopic (exact) mass is 300 g/mol. The van der Waals surface area contributed by atoms with E-state index in [0.29, 0.717) is 24.5 Å². The second kappa shape index (κ2) is 5.20. The van der Waals surface area contributed by atoms with Gasteiger partial charge in [0.1, 0.15) is 0 Å². The molecule has 0 aromatic heterocycles. The molecule has 3 rings (SSSR count). The molecule has 3 heteroatoms. The predicted molar refractivity (Wildman–Crippen MR) is 87.7 cm³/mol. The zero-order chi connectivity index (χ0) is 15.2. The van der Waals surface area contributed by atoms with Crippen LogP contribution in [0.1, 0.15) is 38.5 Å². The molecule has 112 valence electrons. The minimum absolute atomic E-state index is 0.284. The van der Waals surface area contributed by atoms with Gasteiger partial charge in [0.2, 0.25) is 0 Å². The molecule has 3 aliphatic carbocycles. The van der Waals surface area contributed by atoms with Crippen molar-refractivity contribution in [2.45, 2.75) is 58.2 Å². The summed E-state index contributed by atoms with van der Waals surface area (Å²) in [5.74, 6) is 1.09. The number of hydrogen-bond donors (Lipinski definition) is 0. The third kappa shape index (κ3) is 2.89. The Hall–Kier alpha value is -1.22. The molecule has 0 bridgehead atoms. The van der Waals surface area contributed by atoms with Gasteiger partial charge in [-0.05, 0) is 47.9 Å². The Kier molecular flexibility index (Phi) is 3.64. The molecule has 0 radical (unpaired) electrons. The molecule has 21 heavy (non-hydrogen) atoms. The highest BCUT2D eigenvalue weighted by Crippen LogP contribution is 2.43. The molecular weight excluding hydrogens is 276 g/mol. The number of ketones is 2. The summed E-state index contributed by atoms with van der Waals surface area (Å²) in [7, 11) is -1.66. The first-order chi connectivity index (χ1) is 9.88. The molecule has 1 fully saturated rings. The highest BCUT2D eigenvalue weighted by molar-refractivity contribution is 6.84. The normalized spacial score (nSPS) is 25.9. The van der Waals surface area contributed by atoms with Crippen molar-refractivity contribution in [3.05, 3.63) is 34.1 Å². The van der Waals surface area contributed by atoms with Crippen LogP contribution in [0.2, 0.25) is 19.6 Å². The topological polar surface area (TPSA) is 34.1 Å². The van der Waals surface area contributed by atoms with Gasteiger partial charge in [-0.1, -0.05) is 31.8 Å². The van der Waals surface area contributed by atoms with Gasteiger partial charge in [-0.15, -0.1) is 0 Å². The van der Waals surface area contributed by atoms with Crippen LogP contribution in [0.25, 0.3) is 0 Å². The summed E-state index contributed by atoms with van der Waals surface area (Å²) in [6, 6.07) is 0. The van der Waals surface area contributed by atoms with Gasteiger partial charge in [0.05, 0.1) is 8.07 Å². The summed E-state index contributed by atoms with van der Waals surface area (Å²) in [6.07, 6.45) is 9.74. The summed E-state index contributed by atoms with van der Waals surface area (Å²) >= 11 is 0. The molecule has 0 heterocycles. The lowest BCUT2D eigenvalue weighted by Crippen LogP contribution is -2.30. The largest absolute Gasteiger partial charge is 0.294 e. The average molecular weight is 300 g/mol. The van der Waals surface area contributed by atoms with Crippen LogP contribution in [0.4, 0.5) is 0 Å². The van der Waals surface area contributed by atoms with E-state index in [1.165, 1.54) is 5.20 Å². The number of allylic oxidation sites excluding steroid dienone is 6. The van der Waals surface area contributed by atoms with Crippen molar-refractivity contribution in [3.63, 3.8) is 0 Å². The Balaban J connectivity index is 2.08. The smallest absolute Gasteiger partial charge is 0.163 e. The zero-order valence-electron chi connectivity index (χ0n) is 13.3. The summed E-state index contributed by atoms with van der Waals surface area (Å²) in [5, 5.41) is 1.25. The molecule has 0 saturated heterocycles. The van der Waals surface area contributed by atoms with Gasteiger partial charge in [0.15, 0.2) is 11.6 Å². The minimum Gasteiger partial charge on any atom is -0.294 e. The molecule has 0 atom stereocenters. The maximum Gasteiger partial charge on any atom is 0.163 e. The molecule has 3 aliphatic rings. The van der Waals surface area contributed by atoms with Crippen molar-refractivity contribution in [1.82, 2.24) is 0 Å². The number of carbonyl (C=O) groups excluding carboxylic acids is 2. The van der Waals surface area contributed by atoms with Crippen molar-refractivity contribution in [3.8, 4) is 0 Å². The van der Waals surface area contributed by atoms with Crippen molar-refractivity contribution in [2.75, 3.05) is 0 Å². The van der Waals surface area contributed by atoms with E-state index in [4.69, 9.17) is 0 Å². The number of hydrogen-bond acceptors (Lipinski definition) is 2. The molecule has 2 nitrogen and oxygen atoms in total. The first-order valence-corrected chi connectivity index (χ1v) is 11.6. The quantitative estimate of drug-likeness (QED) is 0.734. The minimum atomic E-state index is -1.66. The van der Waals surface area contributed by atoms with E-state index in [1.807, 2.05) is 0 Å². The number of carbonyl (C=O) groups is 2. The summed E-state index contributed by atoms with van der Waals surface area (Å²) in [4.78, 5) is 24.6. The summed E-state index contributed by atoms with van der Waals surface area (Å²) in [5.41, 5.74) is 3.13. The lowest BCUT2D eigenvalue weighted by atomic mass is 9.95. The second-order valence-corrected chi connectivity index (χ2v) is 12.6. The van der Waals surface area contributed by atoms with Gasteiger partial charge in [-0.3, -0.25) is 9.59 Å². The van der Waals surface area contributed by atoms with Crippen LogP contribution in [-0.2, 0) is 9.59 Å². The van der Waals surface area contributed by atoms with E-state index in [9.17, 15) is 9.59 Å². The first kappa shape index (κ1) is 14.7. The molecule has 0 aromatic rings. The van der Waals surface area contributed by atoms with Crippen LogP contribution in [-0.4, -0.2) is 19.6 Å². The average Bonchev–Trinajstić information content (AvgIpc) is 3.15. The van der Waals surface area contributed by atoms with E-state index < -0.39 is 8.07 Å². The molecule has 0 aromatic carbocycles. The van der Waals surface area contributed by atoms with Crippen molar-refractivity contribution >= 4 is 19.6 Å². The summed E-state index contributed by atoms with van der Waals surface area (Å²) < 4.78 is 0. The van der Waals surface area contributed by atoms with Gasteiger partial charge in [0.25, 0.3) is 0 Å². The maximum atomic E-state index is 12.4. The summed E-state index contributed by atoms with van der Waals surface area (Å²) in [6.45, 7) is 6.85. The molecular formula is C18H24O2Si. The van der Waals surface area contributed by atoms with Gasteiger partial charge in [-0.25, -0.2) is 0 Å². The third-order valence-electron chi connectivity index (χ3n) is 4.62. The SMILES string of the molecule is C[Si](C)(C)/C(C1=CCCCC1=O)=C1/C=C(C2CC2)C(=O)C1. The van der Waals surface area contributed by atoms with E-state index >= 15 is 0 Å². The third-order valence-corrected chi connectivity index (χ3v) is 6.71. The van der Waals surface area contributed by atoms with Crippen LogP contribution in [0, 0.1) is 5.92 Å². The van der Waals surface area contributed by atoms with E-state index in [2.05, 4.69) is 31.8 Å². The van der Waals surface area contributed by atoms with Crippen LogP contribution in [0.5, 0.6) is 0 Å². The molecule has 0 N–H and O–H groups in total. The van der Waals surface area contributed by atoms with Gasteiger partial charge in [0, 0.05) is 18.4 Å². The Morgan fingerprint density at radius 2 is 1.86 bits per heavy atom. The predicted octanol–water partition coefficient (Wildman–Crippen LogP) is 4.15. The van der Waals surface area contributed by atoms with E-state index in [1.54, 1.807) is 0 Å². The molecule has 0 unspecified atom stereocenters. The first-order valence-electron chi connectivity index (χ1n) is 8.10. The maximum absolute atomic E-state index is 12.4. The molecule has 0 aliphatic heterocycles. The second-order valence-electron chi connectivity index (χ2n) is 7.56. The fourth-order valence-electron chi connectivity index (χ4n) is 3.55. The number of Topliss-reactive ketones (excluding diaryl/α,β-unsaturated/α-hetero) is 2. The van der Waals surface area contributed by atoms with Crippen molar-refractivity contribution in [2.24, 2.45) is 5.92 Å². The Morgan fingerprint density at radius 1 is 1.14 bits per heavy atom. The molecule has 0 spiro atoms. The number of rotatable bonds is 3. The molecule has 1 saturated carbocycles. The van der Waals surface area contributed by atoms with E-state index in [-0.39, 0.29) is 5.78 Å². The lowest BCUT2D eigenvalue weighted by Gasteiger charge is -2.27. The zero-order valence-corrected chi connectivity index (χ0v) is 14.3. The highest BCUT2D eigenvalue weighted by Gasteiger charge is 2.37. The van der Waals surface area contributed by atoms with Crippen molar-refractivity contribution in [1.29, 1.82) is 0 Å². The van der Waals surface area contributed by atoms with Crippen LogP contribution in [0.15, 0.2) is 34.1 Å². The van der Waals surface area contributed by atoms with Gasteiger partial charge in [-0.2, -0.15) is 0 Å². The van der Waals surface area contributed by atoms with Crippen molar-refractivity contribution < 1.29 is 9.59 Å². The Labute approximate surface area is 128 Å². The van der Waals surface area contributed by atoms with E-state index in [0.717, 1.165) is 42.4 Å². The fourth-order valence-corrected chi connectivity index (χ4v) is 5.73. The molecule has 0 amide bonds. The van der Waals surface area contributed by atoms with Crippen LogP contribution < -0.4 is 0 Å². The lowest BCUT2D eigenvalue weighted by molar-refractivity contribution is -0.116. The highest BCUT2D eigenvalue weighted by atomic mass is 28.3. The Bertz CT molecular complexity index is 595. The van der Waals surface area contributed by atoms with Crippen LogP contribution >= 0.6 is 0 Å². The fraction of sp³-hybridized carbons (Fsp3) is 0.556. The van der Waals surface area contributed by atoms with Gasteiger partial charge >= 0.3 is 0 Å². The van der Waals surface area contributed by atoms with Crippen LogP contribution in [0.3, 0.4) is 0 Å². The standard InChI is InChI=1S/C18H24O2Si/c1-21(2,3)18(14-6-4-5-7-16(14)19)13-10-15(12-8-9-12)17(20)11-13/h6,10,12H,4-5,7-9,11H2,1-3H3/b18-13-. The Morgan fingerprint density at radius 3 is 2.43 bits per heavy atom.